The average molecular weight is 383 g/mol. The minimum Gasteiger partial charge on any atom is -0.341 e. The van der Waals surface area contributed by atoms with Crippen LogP contribution in [0.1, 0.15) is 24.0 Å². The molecule has 2 aliphatic rings. The third-order valence-electron chi connectivity index (χ3n) is 5.22. The Morgan fingerprint density at radius 2 is 1.96 bits per heavy atom. The third kappa shape index (κ3) is 4.80. The standard InChI is InChI=1S/C19H24F3N3O2/c1-23-6-3-7-24(9-8-23)18(27)15-11-17(26)25(13-15)12-14-4-2-5-16(10-14)19(20,21)22/h2,4-5,10,15H,3,6-9,11-13H2,1H3. The molecule has 2 saturated heterocycles. The van der Waals surface area contributed by atoms with Gasteiger partial charge in [-0.25, -0.2) is 0 Å². The number of benzene rings is 1. The van der Waals surface area contributed by atoms with Gasteiger partial charge in [-0.1, -0.05) is 12.1 Å². The van der Waals surface area contributed by atoms with E-state index in [0.29, 0.717) is 18.7 Å². The SMILES string of the molecule is CN1CCCN(C(=O)C2CC(=O)N(Cc3cccc(C(F)(F)F)c3)C2)CC1. The molecular weight excluding hydrogens is 359 g/mol. The number of halogens is 3. The van der Waals surface area contributed by atoms with Crippen molar-refractivity contribution in [2.45, 2.75) is 25.6 Å². The molecule has 2 aliphatic heterocycles. The minimum atomic E-state index is -4.41. The van der Waals surface area contributed by atoms with Crippen molar-refractivity contribution in [3.05, 3.63) is 35.4 Å². The van der Waals surface area contributed by atoms with Crippen LogP contribution in [0.2, 0.25) is 0 Å². The summed E-state index contributed by atoms with van der Waals surface area (Å²) in [5.74, 6) is -0.616. The van der Waals surface area contributed by atoms with E-state index in [1.165, 1.54) is 11.0 Å². The molecule has 0 aliphatic carbocycles. The monoisotopic (exact) mass is 383 g/mol. The summed E-state index contributed by atoms with van der Waals surface area (Å²) in [4.78, 5) is 30.5. The van der Waals surface area contributed by atoms with Crippen LogP contribution in [-0.2, 0) is 22.3 Å². The summed E-state index contributed by atoms with van der Waals surface area (Å²) >= 11 is 0. The lowest BCUT2D eigenvalue weighted by Crippen LogP contribution is -2.39. The smallest absolute Gasteiger partial charge is 0.341 e. The lowest BCUT2D eigenvalue weighted by Gasteiger charge is -2.24. The number of likely N-dealkylation sites (tertiary alicyclic amines) is 1. The number of hydrogen-bond donors (Lipinski definition) is 0. The van der Waals surface area contributed by atoms with E-state index in [4.69, 9.17) is 0 Å². The van der Waals surface area contributed by atoms with Crippen molar-refractivity contribution in [1.29, 1.82) is 0 Å². The maximum absolute atomic E-state index is 12.9. The quantitative estimate of drug-likeness (QED) is 0.804. The van der Waals surface area contributed by atoms with Crippen molar-refractivity contribution in [2.75, 3.05) is 39.8 Å². The molecule has 0 aromatic heterocycles. The van der Waals surface area contributed by atoms with Gasteiger partial charge in [0.05, 0.1) is 11.5 Å². The van der Waals surface area contributed by atoms with E-state index in [0.717, 1.165) is 31.6 Å². The Bertz CT molecular complexity index is 708. The van der Waals surface area contributed by atoms with Crippen LogP contribution < -0.4 is 0 Å². The summed E-state index contributed by atoms with van der Waals surface area (Å²) in [5, 5.41) is 0. The van der Waals surface area contributed by atoms with Crippen LogP contribution >= 0.6 is 0 Å². The number of amides is 2. The zero-order chi connectivity index (χ0) is 19.6. The van der Waals surface area contributed by atoms with Gasteiger partial charge in [0.25, 0.3) is 0 Å². The van der Waals surface area contributed by atoms with Crippen molar-refractivity contribution < 1.29 is 22.8 Å². The lowest BCUT2D eigenvalue weighted by atomic mass is 10.1. The average Bonchev–Trinajstić information content (AvgIpc) is 2.83. The van der Waals surface area contributed by atoms with Crippen molar-refractivity contribution in [3.63, 3.8) is 0 Å². The first kappa shape index (κ1) is 19.7. The number of likely N-dealkylation sites (N-methyl/N-ethyl adjacent to an activating group) is 1. The van der Waals surface area contributed by atoms with Crippen LogP contribution in [0.15, 0.2) is 24.3 Å². The third-order valence-corrected chi connectivity index (χ3v) is 5.22. The zero-order valence-corrected chi connectivity index (χ0v) is 15.3. The number of carbonyl (C=O) groups excluding carboxylic acids is 2. The number of hydrogen-bond acceptors (Lipinski definition) is 3. The fourth-order valence-electron chi connectivity index (χ4n) is 3.68. The fourth-order valence-corrected chi connectivity index (χ4v) is 3.68. The summed E-state index contributed by atoms with van der Waals surface area (Å²) < 4.78 is 38.6. The number of alkyl halides is 3. The second kappa shape index (κ2) is 7.88. The highest BCUT2D eigenvalue weighted by Gasteiger charge is 2.37. The van der Waals surface area contributed by atoms with Gasteiger partial charge in [-0.3, -0.25) is 9.59 Å². The molecule has 0 bridgehead atoms. The highest BCUT2D eigenvalue weighted by molar-refractivity contribution is 5.89. The van der Waals surface area contributed by atoms with Crippen molar-refractivity contribution in [1.82, 2.24) is 14.7 Å². The second-order valence-electron chi connectivity index (χ2n) is 7.36. The summed E-state index contributed by atoms with van der Waals surface area (Å²) in [7, 11) is 2.02. The van der Waals surface area contributed by atoms with Crippen LogP contribution in [0.3, 0.4) is 0 Å². The van der Waals surface area contributed by atoms with Crippen LogP contribution in [0, 0.1) is 5.92 Å². The fraction of sp³-hybridized carbons (Fsp3) is 0.579. The van der Waals surface area contributed by atoms with Gasteiger partial charge in [0.1, 0.15) is 0 Å². The first-order chi connectivity index (χ1) is 12.7. The molecule has 27 heavy (non-hydrogen) atoms. The molecule has 0 radical (unpaired) electrons. The minimum absolute atomic E-state index is 0.0230. The molecule has 1 aromatic rings. The van der Waals surface area contributed by atoms with Gasteiger partial charge in [-0.15, -0.1) is 0 Å². The predicted octanol–water partition coefficient (Wildman–Crippen LogP) is 2.22. The molecule has 1 aromatic carbocycles. The molecule has 0 spiro atoms. The van der Waals surface area contributed by atoms with Gasteiger partial charge in [0.15, 0.2) is 0 Å². The van der Waals surface area contributed by atoms with Gasteiger partial charge >= 0.3 is 6.18 Å². The summed E-state index contributed by atoms with van der Waals surface area (Å²) in [6.07, 6.45) is -3.38. The molecule has 1 atom stereocenters. The van der Waals surface area contributed by atoms with Gasteiger partial charge in [-0.2, -0.15) is 13.2 Å². The Morgan fingerprint density at radius 1 is 1.19 bits per heavy atom. The van der Waals surface area contributed by atoms with Crippen LogP contribution in [0.25, 0.3) is 0 Å². The van der Waals surface area contributed by atoms with E-state index in [2.05, 4.69) is 4.90 Å². The Kier molecular flexibility index (Phi) is 5.74. The van der Waals surface area contributed by atoms with Gasteiger partial charge in [0.2, 0.25) is 11.8 Å². The topological polar surface area (TPSA) is 43.9 Å². The maximum Gasteiger partial charge on any atom is 0.416 e. The summed E-state index contributed by atoms with van der Waals surface area (Å²) in [6.45, 7) is 3.43. The molecule has 148 valence electrons. The van der Waals surface area contributed by atoms with Crippen molar-refractivity contribution in [2.24, 2.45) is 5.92 Å². The lowest BCUT2D eigenvalue weighted by molar-refractivity contribution is -0.137. The number of carbonyl (C=O) groups is 2. The van der Waals surface area contributed by atoms with Crippen LogP contribution in [-0.4, -0.2) is 66.3 Å². The van der Waals surface area contributed by atoms with Gasteiger partial charge < -0.3 is 14.7 Å². The molecule has 8 heteroatoms. The predicted molar refractivity (Wildman–Crippen MR) is 93.7 cm³/mol. The Labute approximate surface area is 156 Å². The number of rotatable bonds is 3. The number of nitrogens with zero attached hydrogens (tertiary/aromatic N) is 3. The first-order valence-corrected chi connectivity index (χ1v) is 9.15. The Balaban J connectivity index is 1.63. The van der Waals surface area contributed by atoms with Crippen LogP contribution in [0.5, 0.6) is 0 Å². The summed E-state index contributed by atoms with van der Waals surface area (Å²) in [6, 6.07) is 4.99. The Hall–Kier alpha value is -2.09. The highest BCUT2D eigenvalue weighted by atomic mass is 19.4. The Morgan fingerprint density at radius 3 is 2.70 bits per heavy atom. The highest BCUT2D eigenvalue weighted by Crippen LogP contribution is 2.30. The molecular formula is C19H24F3N3O2. The zero-order valence-electron chi connectivity index (χ0n) is 15.3. The molecule has 2 amide bonds. The maximum atomic E-state index is 12.9. The van der Waals surface area contributed by atoms with Crippen molar-refractivity contribution >= 4 is 11.8 Å². The van der Waals surface area contributed by atoms with E-state index < -0.39 is 17.7 Å². The molecule has 5 nitrogen and oxygen atoms in total. The van der Waals surface area contributed by atoms with Gasteiger partial charge in [0, 0.05) is 39.1 Å². The first-order valence-electron chi connectivity index (χ1n) is 9.15. The normalized spacial score (nSPS) is 22.2. The van der Waals surface area contributed by atoms with E-state index >= 15 is 0 Å². The van der Waals surface area contributed by atoms with E-state index in [1.807, 2.05) is 11.9 Å². The largest absolute Gasteiger partial charge is 0.416 e. The second-order valence-corrected chi connectivity index (χ2v) is 7.36. The van der Waals surface area contributed by atoms with E-state index in [-0.39, 0.29) is 31.3 Å². The van der Waals surface area contributed by atoms with Crippen molar-refractivity contribution in [3.8, 4) is 0 Å². The van der Waals surface area contributed by atoms with Crippen LogP contribution in [0.4, 0.5) is 13.2 Å². The molecule has 2 heterocycles. The van der Waals surface area contributed by atoms with E-state index in [9.17, 15) is 22.8 Å². The van der Waals surface area contributed by atoms with Gasteiger partial charge in [-0.05, 0) is 37.7 Å². The molecule has 3 rings (SSSR count). The molecule has 1 unspecified atom stereocenters. The molecule has 0 N–H and O–H groups in total. The van der Waals surface area contributed by atoms with E-state index in [1.54, 1.807) is 6.07 Å². The molecule has 2 fully saturated rings. The molecule has 0 saturated carbocycles. The summed E-state index contributed by atoms with van der Waals surface area (Å²) in [5.41, 5.74) is -0.310.